The number of aryl methyl sites for hydroxylation is 1. The minimum Gasteiger partial charge on any atom is -0.495 e. The van der Waals surface area contributed by atoms with Crippen molar-refractivity contribution in [2.24, 2.45) is 5.73 Å². The summed E-state index contributed by atoms with van der Waals surface area (Å²) in [5.41, 5.74) is 16.2. The van der Waals surface area contributed by atoms with Gasteiger partial charge in [0.2, 0.25) is 5.91 Å². The molecule has 0 aliphatic carbocycles. The quantitative estimate of drug-likeness (QED) is 0.354. The molecule has 0 saturated carbocycles. The van der Waals surface area contributed by atoms with Crippen LogP contribution in [0.4, 0.5) is 5.82 Å². The number of thiophene rings is 1. The Bertz CT molecular complexity index is 1300. The summed E-state index contributed by atoms with van der Waals surface area (Å²) in [4.78, 5) is 16.5. The van der Waals surface area contributed by atoms with Crippen LogP contribution in [0.1, 0.15) is 23.7 Å². The molecule has 0 unspecified atom stereocenters. The molecule has 1 aromatic carbocycles. The maximum Gasteiger partial charge on any atom is 0.231 e. The lowest BCUT2D eigenvalue weighted by atomic mass is 10.1. The van der Waals surface area contributed by atoms with E-state index in [-0.39, 0.29) is 6.54 Å². The van der Waals surface area contributed by atoms with E-state index < -0.39 is 5.91 Å². The highest BCUT2D eigenvalue weighted by Crippen LogP contribution is 2.44. The topological polar surface area (TPSA) is 130 Å². The Morgan fingerprint density at radius 3 is 2.84 bits per heavy atom. The Balaban J connectivity index is 1.97. The number of nitrogen functional groups attached to an aromatic ring is 1. The number of amides is 1. The van der Waals surface area contributed by atoms with Gasteiger partial charge in [0.15, 0.2) is 5.82 Å². The molecule has 0 bridgehead atoms. The summed E-state index contributed by atoms with van der Waals surface area (Å²) in [6, 6.07) is 6.29. The largest absolute Gasteiger partial charge is 0.495 e. The van der Waals surface area contributed by atoms with Crippen LogP contribution < -0.4 is 21.5 Å². The Labute approximate surface area is 189 Å². The third-order valence-corrected chi connectivity index (χ3v) is 6.38. The van der Waals surface area contributed by atoms with Gasteiger partial charge < -0.3 is 26.3 Å². The van der Waals surface area contributed by atoms with Crippen LogP contribution >= 0.6 is 11.3 Å². The van der Waals surface area contributed by atoms with Crippen molar-refractivity contribution in [2.75, 3.05) is 26.0 Å². The van der Waals surface area contributed by atoms with Gasteiger partial charge in [0.1, 0.15) is 17.6 Å². The zero-order chi connectivity index (χ0) is 22.8. The minimum absolute atomic E-state index is 0.0522. The predicted molar refractivity (Wildman–Crippen MR) is 126 cm³/mol. The molecule has 0 spiro atoms. The van der Waals surface area contributed by atoms with Crippen LogP contribution in [-0.4, -0.2) is 40.8 Å². The molecule has 0 saturated heterocycles. The molecule has 0 radical (unpaired) electrons. The second kappa shape index (κ2) is 9.11. The van der Waals surface area contributed by atoms with Crippen molar-refractivity contribution >= 4 is 38.7 Å². The molecule has 32 heavy (non-hydrogen) atoms. The van der Waals surface area contributed by atoms with Crippen LogP contribution in [0.25, 0.3) is 26.0 Å². The fourth-order valence-electron chi connectivity index (χ4n) is 3.87. The molecular weight excluding hydrogens is 428 g/mol. The number of fused-ring (bicyclic) bond motifs is 2. The van der Waals surface area contributed by atoms with Crippen molar-refractivity contribution in [3.63, 3.8) is 0 Å². The van der Waals surface area contributed by atoms with E-state index in [4.69, 9.17) is 20.9 Å². The number of hydrogen-bond acceptors (Lipinski definition) is 8. The summed E-state index contributed by atoms with van der Waals surface area (Å²) < 4.78 is 14.3. The Morgan fingerprint density at radius 1 is 1.31 bits per heavy atom. The predicted octanol–water partition coefficient (Wildman–Crippen LogP) is 2.62. The van der Waals surface area contributed by atoms with Crippen molar-refractivity contribution in [1.29, 1.82) is 0 Å². The van der Waals surface area contributed by atoms with Crippen LogP contribution in [0, 0.1) is 6.92 Å². The first-order chi connectivity index (χ1) is 15.4. The Kier molecular flexibility index (Phi) is 6.26. The summed E-state index contributed by atoms with van der Waals surface area (Å²) in [5, 5.41) is 8.62. The van der Waals surface area contributed by atoms with E-state index in [0.717, 1.165) is 43.1 Å². The fourth-order valence-corrected chi connectivity index (χ4v) is 5.08. The maximum absolute atomic E-state index is 11.3. The monoisotopic (exact) mass is 454 g/mol. The third kappa shape index (κ3) is 3.99. The molecule has 0 aliphatic rings. The number of rotatable bonds is 9. The van der Waals surface area contributed by atoms with Crippen molar-refractivity contribution in [1.82, 2.24) is 19.9 Å². The Hall–Kier alpha value is -3.21. The van der Waals surface area contributed by atoms with Gasteiger partial charge in [-0.1, -0.05) is 6.07 Å². The van der Waals surface area contributed by atoms with E-state index >= 15 is 0 Å². The summed E-state index contributed by atoms with van der Waals surface area (Å²) in [5.74, 6) is 0.770. The molecule has 0 aliphatic heterocycles. The van der Waals surface area contributed by atoms with Gasteiger partial charge in [-0.25, -0.2) is 9.50 Å². The lowest BCUT2D eigenvalue weighted by Crippen LogP contribution is -2.29. The van der Waals surface area contributed by atoms with E-state index in [1.165, 1.54) is 6.33 Å². The van der Waals surface area contributed by atoms with E-state index in [0.29, 0.717) is 31.1 Å². The standard InChI is InChI=1S/C22H26N6O3S/c1-4-31-10-14-15(8-25-9-18(23)29)28-20(22(24)26-11-27-28)19(14)17-7-13-5-12(2)6-16(30-3)21(13)32-17/h5-7,11,25H,4,8-10H2,1-3H3,(H2,23,29)(H2,24,26,27). The number of benzene rings is 1. The van der Waals surface area contributed by atoms with Gasteiger partial charge in [0, 0.05) is 29.2 Å². The summed E-state index contributed by atoms with van der Waals surface area (Å²) >= 11 is 1.62. The number of ether oxygens (including phenoxy) is 2. The van der Waals surface area contributed by atoms with Crippen molar-refractivity contribution < 1.29 is 14.3 Å². The molecule has 5 N–H and O–H groups in total. The number of methoxy groups -OCH3 is 1. The van der Waals surface area contributed by atoms with E-state index in [1.54, 1.807) is 23.0 Å². The number of nitrogens with zero attached hydrogens (tertiary/aromatic N) is 3. The number of aromatic nitrogens is 3. The highest BCUT2D eigenvalue weighted by molar-refractivity contribution is 7.22. The van der Waals surface area contributed by atoms with Crippen LogP contribution in [0.3, 0.4) is 0 Å². The normalized spacial score (nSPS) is 11.5. The van der Waals surface area contributed by atoms with Gasteiger partial charge in [-0.2, -0.15) is 5.10 Å². The van der Waals surface area contributed by atoms with Crippen molar-refractivity contribution in [2.45, 2.75) is 27.0 Å². The average Bonchev–Trinajstić information content (AvgIpc) is 3.31. The molecule has 3 aromatic heterocycles. The number of nitrogens with one attached hydrogen (secondary N) is 1. The van der Waals surface area contributed by atoms with Gasteiger partial charge in [-0.05, 0) is 36.9 Å². The summed E-state index contributed by atoms with van der Waals surface area (Å²) in [6.07, 6.45) is 1.42. The summed E-state index contributed by atoms with van der Waals surface area (Å²) in [7, 11) is 1.68. The number of carbonyl (C=O) groups is 1. The van der Waals surface area contributed by atoms with Crippen molar-refractivity contribution in [3.8, 4) is 16.2 Å². The smallest absolute Gasteiger partial charge is 0.231 e. The van der Waals surface area contributed by atoms with Crippen LogP contribution in [-0.2, 0) is 22.7 Å². The molecule has 1 amide bonds. The zero-order valence-electron chi connectivity index (χ0n) is 18.3. The van der Waals surface area contributed by atoms with Gasteiger partial charge in [-0.3, -0.25) is 4.79 Å². The van der Waals surface area contributed by atoms with E-state index in [9.17, 15) is 4.79 Å². The van der Waals surface area contributed by atoms with Crippen LogP contribution in [0.15, 0.2) is 24.5 Å². The number of carbonyl (C=O) groups excluding carboxylic acids is 1. The number of nitrogens with two attached hydrogens (primary N) is 2. The van der Waals surface area contributed by atoms with Crippen LogP contribution in [0.5, 0.6) is 5.75 Å². The SMILES string of the molecule is CCOCc1c(-c2cc3cc(C)cc(OC)c3s2)c2c(N)ncnn2c1CNCC(N)=O. The average molecular weight is 455 g/mol. The molecule has 0 atom stereocenters. The first kappa shape index (κ1) is 22.0. The lowest BCUT2D eigenvalue weighted by Gasteiger charge is -2.08. The van der Waals surface area contributed by atoms with E-state index in [2.05, 4.69) is 27.5 Å². The molecule has 3 heterocycles. The lowest BCUT2D eigenvalue weighted by molar-refractivity contribution is -0.117. The number of primary amides is 1. The molecule has 9 nitrogen and oxygen atoms in total. The molecule has 168 valence electrons. The number of anilines is 1. The zero-order valence-corrected chi connectivity index (χ0v) is 19.1. The molecule has 0 fully saturated rings. The second-order valence-corrected chi connectivity index (χ2v) is 8.46. The highest BCUT2D eigenvalue weighted by atomic mass is 32.1. The van der Waals surface area contributed by atoms with Crippen LogP contribution in [0.2, 0.25) is 0 Å². The van der Waals surface area contributed by atoms with Gasteiger partial charge in [0.05, 0.1) is 30.7 Å². The minimum atomic E-state index is -0.432. The first-order valence-electron chi connectivity index (χ1n) is 10.2. The Morgan fingerprint density at radius 2 is 2.12 bits per heavy atom. The molecule has 10 heteroatoms. The highest BCUT2D eigenvalue weighted by Gasteiger charge is 2.24. The fraction of sp³-hybridized carbons (Fsp3) is 0.318. The number of hydrogen-bond donors (Lipinski definition) is 3. The van der Waals surface area contributed by atoms with Crippen molar-refractivity contribution in [3.05, 3.63) is 41.3 Å². The van der Waals surface area contributed by atoms with Gasteiger partial charge in [-0.15, -0.1) is 11.3 Å². The molecular formula is C22H26N6O3S. The molecule has 4 rings (SSSR count). The second-order valence-electron chi connectivity index (χ2n) is 7.41. The molecule has 4 aromatic rings. The van der Waals surface area contributed by atoms with Gasteiger partial charge in [0.25, 0.3) is 0 Å². The third-order valence-electron chi connectivity index (χ3n) is 5.20. The van der Waals surface area contributed by atoms with Gasteiger partial charge >= 0.3 is 0 Å². The summed E-state index contributed by atoms with van der Waals surface area (Å²) in [6.45, 7) is 5.34. The van der Waals surface area contributed by atoms with E-state index in [1.807, 2.05) is 19.9 Å². The maximum atomic E-state index is 11.3. The first-order valence-corrected chi connectivity index (χ1v) is 11.0.